The number of aromatic nitrogens is 6. The molecule has 10 nitrogen and oxygen atoms in total. The SMILES string of the molecule is CCn1cc(NC(=O)c2ccn(Cn3cc(Br)cn3)n2)c(C(N)=O)n1. The Bertz CT molecular complexity index is 925. The Morgan fingerprint density at radius 3 is 2.68 bits per heavy atom. The van der Waals surface area contributed by atoms with E-state index in [-0.39, 0.29) is 17.1 Å². The summed E-state index contributed by atoms with van der Waals surface area (Å²) in [6.07, 6.45) is 6.67. The lowest BCUT2D eigenvalue weighted by molar-refractivity contribution is 0.0995. The number of nitrogens with one attached hydrogen (secondary N) is 1. The van der Waals surface area contributed by atoms with Crippen LogP contribution in [-0.4, -0.2) is 41.2 Å². The monoisotopic (exact) mass is 406 g/mol. The van der Waals surface area contributed by atoms with Gasteiger partial charge in [-0.15, -0.1) is 0 Å². The third-order valence-electron chi connectivity index (χ3n) is 3.33. The minimum atomic E-state index is -0.711. The number of hydrogen-bond donors (Lipinski definition) is 2. The number of rotatable bonds is 6. The molecule has 0 aliphatic carbocycles. The fourth-order valence-corrected chi connectivity index (χ4v) is 2.50. The average Bonchev–Trinajstić information content (AvgIpc) is 3.28. The van der Waals surface area contributed by atoms with Gasteiger partial charge in [0.05, 0.1) is 16.4 Å². The van der Waals surface area contributed by atoms with Gasteiger partial charge in [-0.1, -0.05) is 0 Å². The number of carbonyl (C=O) groups is 2. The Kier molecular flexibility index (Phi) is 4.65. The second-order valence-electron chi connectivity index (χ2n) is 5.15. The molecule has 130 valence electrons. The lowest BCUT2D eigenvalue weighted by Crippen LogP contribution is -2.18. The Labute approximate surface area is 150 Å². The number of anilines is 1. The summed E-state index contributed by atoms with van der Waals surface area (Å²) in [5.74, 6) is -1.17. The number of nitrogens with zero attached hydrogens (tertiary/aromatic N) is 6. The second-order valence-corrected chi connectivity index (χ2v) is 6.06. The van der Waals surface area contributed by atoms with Crippen molar-refractivity contribution in [3.05, 3.63) is 46.7 Å². The van der Waals surface area contributed by atoms with Crippen LogP contribution in [0.2, 0.25) is 0 Å². The quantitative estimate of drug-likeness (QED) is 0.629. The first-order chi connectivity index (χ1) is 12.0. The molecule has 11 heteroatoms. The summed E-state index contributed by atoms with van der Waals surface area (Å²) in [7, 11) is 0. The summed E-state index contributed by atoms with van der Waals surface area (Å²) < 4.78 is 5.60. The Balaban J connectivity index is 1.74. The molecule has 2 amide bonds. The van der Waals surface area contributed by atoms with Crippen molar-refractivity contribution in [3.63, 3.8) is 0 Å². The van der Waals surface area contributed by atoms with E-state index in [4.69, 9.17) is 5.73 Å². The molecule has 0 unspecified atom stereocenters. The van der Waals surface area contributed by atoms with Crippen molar-refractivity contribution in [2.24, 2.45) is 5.73 Å². The molecular formula is C14H15BrN8O2. The highest BCUT2D eigenvalue weighted by Crippen LogP contribution is 2.14. The number of primary amides is 1. The summed E-state index contributed by atoms with van der Waals surface area (Å²) in [4.78, 5) is 23.8. The van der Waals surface area contributed by atoms with Gasteiger partial charge in [0.15, 0.2) is 11.4 Å². The van der Waals surface area contributed by atoms with Gasteiger partial charge in [-0.25, -0.2) is 4.68 Å². The molecule has 3 aromatic rings. The first kappa shape index (κ1) is 16.9. The molecule has 3 rings (SSSR count). The highest BCUT2D eigenvalue weighted by Gasteiger charge is 2.18. The van der Waals surface area contributed by atoms with Gasteiger partial charge in [-0.05, 0) is 28.9 Å². The minimum Gasteiger partial charge on any atom is -0.364 e. The summed E-state index contributed by atoms with van der Waals surface area (Å²) in [6, 6.07) is 1.57. The van der Waals surface area contributed by atoms with Crippen LogP contribution >= 0.6 is 15.9 Å². The first-order valence-corrected chi connectivity index (χ1v) is 8.15. The number of hydrogen-bond acceptors (Lipinski definition) is 5. The Morgan fingerprint density at radius 2 is 2.04 bits per heavy atom. The molecule has 0 saturated heterocycles. The summed E-state index contributed by atoms with van der Waals surface area (Å²) in [6.45, 7) is 2.77. The van der Waals surface area contributed by atoms with E-state index in [0.717, 1.165) is 4.47 Å². The van der Waals surface area contributed by atoms with Crippen molar-refractivity contribution in [1.29, 1.82) is 0 Å². The van der Waals surface area contributed by atoms with Gasteiger partial charge in [-0.3, -0.25) is 19.0 Å². The first-order valence-electron chi connectivity index (χ1n) is 7.36. The van der Waals surface area contributed by atoms with E-state index in [2.05, 4.69) is 36.5 Å². The van der Waals surface area contributed by atoms with E-state index in [0.29, 0.717) is 13.2 Å². The Hall–Kier alpha value is -2.95. The van der Waals surface area contributed by atoms with Crippen molar-refractivity contribution >= 4 is 33.4 Å². The van der Waals surface area contributed by atoms with Crippen molar-refractivity contribution < 1.29 is 9.59 Å². The number of nitrogens with two attached hydrogens (primary N) is 1. The third-order valence-corrected chi connectivity index (χ3v) is 3.74. The zero-order chi connectivity index (χ0) is 18.0. The van der Waals surface area contributed by atoms with Crippen LogP contribution in [0, 0.1) is 0 Å². The van der Waals surface area contributed by atoms with Crippen LogP contribution in [0.1, 0.15) is 27.9 Å². The van der Waals surface area contributed by atoms with Crippen molar-refractivity contribution in [3.8, 4) is 0 Å². The maximum Gasteiger partial charge on any atom is 0.276 e. The molecule has 3 aromatic heterocycles. The van der Waals surface area contributed by atoms with Crippen molar-refractivity contribution in [2.45, 2.75) is 20.1 Å². The molecule has 25 heavy (non-hydrogen) atoms. The highest BCUT2D eigenvalue weighted by atomic mass is 79.9. The maximum absolute atomic E-state index is 12.4. The van der Waals surface area contributed by atoms with Crippen LogP contribution in [0.25, 0.3) is 0 Å². The molecule has 3 N–H and O–H groups in total. The summed E-state index contributed by atoms with van der Waals surface area (Å²) >= 11 is 3.31. The highest BCUT2D eigenvalue weighted by molar-refractivity contribution is 9.10. The summed E-state index contributed by atoms with van der Waals surface area (Å²) in [5, 5.41) is 15.0. The standard InChI is InChI=1S/C14H15BrN8O2/c1-2-21-7-11(12(20-21)13(16)24)18-14(25)10-3-4-22(19-10)8-23-6-9(15)5-17-23/h3-7H,2,8H2,1H3,(H2,16,24)(H,18,25). The van der Waals surface area contributed by atoms with Crippen molar-refractivity contribution in [2.75, 3.05) is 5.32 Å². The van der Waals surface area contributed by atoms with E-state index >= 15 is 0 Å². The summed E-state index contributed by atoms with van der Waals surface area (Å²) in [5.41, 5.74) is 5.75. The second kappa shape index (κ2) is 6.89. The molecule has 0 radical (unpaired) electrons. The predicted octanol–water partition coefficient (Wildman–Crippen LogP) is 0.915. The molecule has 3 heterocycles. The van der Waals surface area contributed by atoms with E-state index in [1.165, 1.54) is 4.68 Å². The topological polar surface area (TPSA) is 126 Å². The number of halogens is 1. The van der Waals surface area contributed by atoms with Crippen LogP contribution in [0.4, 0.5) is 5.69 Å². The van der Waals surface area contributed by atoms with E-state index in [9.17, 15) is 9.59 Å². The molecule has 0 atom stereocenters. The number of carbonyl (C=O) groups excluding carboxylic acids is 2. The lowest BCUT2D eigenvalue weighted by Gasteiger charge is -2.02. The molecule has 0 bridgehead atoms. The number of aryl methyl sites for hydroxylation is 1. The van der Waals surface area contributed by atoms with Gasteiger partial charge < -0.3 is 11.1 Å². The van der Waals surface area contributed by atoms with Crippen LogP contribution in [-0.2, 0) is 13.2 Å². The molecule has 0 aromatic carbocycles. The predicted molar refractivity (Wildman–Crippen MR) is 91.9 cm³/mol. The third kappa shape index (κ3) is 3.76. The van der Waals surface area contributed by atoms with Crippen LogP contribution < -0.4 is 11.1 Å². The molecule has 0 spiro atoms. The van der Waals surface area contributed by atoms with E-state index in [1.807, 2.05) is 6.92 Å². The lowest BCUT2D eigenvalue weighted by atomic mass is 10.3. The fraction of sp³-hybridized carbons (Fsp3) is 0.214. The van der Waals surface area contributed by atoms with Gasteiger partial charge >= 0.3 is 0 Å². The number of amides is 2. The maximum atomic E-state index is 12.4. The molecule has 0 fully saturated rings. The van der Waals surface area contributed by atoms with Gasteiger partial charge in [0.1, 0.15) is 6.67 Å². The van der Waals surface area contributed by atoms with Gasteiger partial charge in [0.25, 0.3) is 11.8 Å². The molecule has 0 saturated carbocycles. The largest absolute Gasteiger partial charge is 0.364 e. The normalized spacial score (nSPS) is 10.8. The van der Waals surface area contributed by atoms with Gasteiger partial charge in [0, 0.05) is 25.1 Å². The smallest absolute Gasteiger partial charge is 0.276 e. The Morgan fingerprint density at radius 1 is 1.24 bits per heavy atom. The van der Waals surface area contributed by atoms with Crippen LogP contribution in [0.3, 0.4) is 0 Å². The van der Waals surface area contributed by atoms with Gasteiger partial charge in [-0.2, -0.15) is 15.3 Å². The molecular weight excluding hydrogens is 392 g/mol. The van der Waals surface area contributed by atoms with Crippen molar-refractivity contribution in [1.82, 2.24) is 29.3 Å². The minimum absolute atomic E-state index is 0.0102. The molecule has 0 aliphatic heterocycles. The average molecular weight is 407 g/mol. The zero-order valence-electron chi connectivity index (χ0n) is 13.3. The molecule has 0 aliphatic rings. The van der Waals surface area contributed by atoms with E-state index < -0.39 is 11.8 Å². The van der Waals surface area contributed by atoms with Crippen LogP contribution in [0.5, 0.6) is 0 Å². The zero-order valence-corrected chi connectivity index (χ0v) is 14.8. The van der Waals surface area contributed by atoms with Gasteiger partial charge in [0.2, 0.25) is 0 Å². The fourth-order valence-electron chi connectivity index (χ4n) is 2.17. The van der Waals surface area contributed by atoms with Crippen LogP contribution in [0.15, 0.2) is 35.3 Å². The van der Waals surface area contributed by atoms with E-state index in [1.54, 1.807) is 40.2 Å².